The van der Waals surface area contributed by atoms with E-state index >= 15 is 0 Å². The third-order valence-electron chi connectivity index (χ3n) is 4.78. The van der Waals surface area contributed by atoms with Crippen molar-refractivity contribution in [3.05, 3.63) is 62.9 Å². The van der Waals surface area contributed by atoms with Crippen LogP contribution >= 0.6 is 0 Å². The van der Waals surface area contributed by atoms with Crippen LogP contribution in [0.1, 0.15) is 37.3 Å². The van der Waals surface area contributed by atoms with Gasteiger partial charge >= 0.3 is 5.69 Å². The number of aromatic nitrogens is 2. The smallest absolute Gasteiger partial charge is 0.328 e. The molecule has 3 rings (SSSR count). The number of likely N-dealkylation sites (tertiary alicyclic amines) is 1. The van der Waals surface area contributed by atoms with Crippen LogP contribution in [-0.2, 0) is 11.3 Å². The van der Waals surface area contributed by atoms with Crippen LogP contribution in [-0.4, -0.2) is 34.0 Å². The summed E-state index contributed by atoms with van der Waals surface area (Å²) in [5.41, 5.74) is 0.0288. The molecule has 0 saturated carbocycles. The van der Waals surface area contributed by atoms with Gasteiger partial charge in [0.25, 0.3) is 5.56 Å². The van der Waals surface area contributed by atoms with Crippen molar-refractivity contribution in [1.29, 1.82) is 0 Å². The molecule has 1 aromatic carbocycles. The maximum atomic E-state index is 12.9. The SMILES string of the molecule is COc1ccc([C@H]2CCCCCN2C(=O)Cn2ccc(=O)[nH]c2=O)cc1. The zero-order valence-corrected chi connectivity index (χ0v) is 14.8. The van der Waals surface area contributed by atoms with Gasteiger partial charge in [0.2, 0.25) is 5.91 Å². The highest BCUT2D eigenvalue weighted by atomic mass is 16.5. The highest BCUT2D eigenvalue weighted by Gasteiger charge is 2.27. The molecule has 7 heteroatoms. The molecule has 0 bridgehead atoms. The van der Waals surface area contributed by atoms with E-state index in [4.69, 9.17) is 4.74 Å². The van der Waals surface area contributed by atoms with Gasteiger partial charge < -0.3 is 9.64 Å². The van der Waals surface area contributed by atoms with Gasteiger partial charge in [0.05, 0.1) is 13.2 Å². The van der Waals surface area contributed by atoms with Gasteiger partial charge in [0.1, 0.15) is 12.3 Å². The van der Waals surface area contributed by atoms with Crippen molar-refractivity contribution in [3.63, 3.8) is 0 Å². The zero-order chi connectivity index (χ0) is 18.5. The van der Waals surface area contributed by atoms with Gasteiger partial charge in [-0.2, -0.15) is 0 Å². The fraction of sp³-hybridized carbons (Fsp3) is 0.421. The van der Waals surface area contributed by atoms with Crippen LogP contribution in [0.2, 0.25) is 0 Å². The van der Waals surface area contributed by atoms with Gasteiger partial charge in [-0.1, -0.05) is 25.0 Å². The molecule has 1 N–H and O–H groups in total. The minimum atomic E-state index is -0.568. The van der Waals surface area contributed by atoms with Gasteiger partial charge in [-0.15, -0.1) is 0 Å². The van der Waals surface area contributed by atoms with E-state index in [0.717, 1.165) is 37.0 Å². The lowest BCUT2D eigenvalue weighted by Gasteiger charge is -2.31. The Bertz CT molecular complexity index is 869. The zero-order valence-electron chi connectivity index (χ0n) is 14.8. The Morgan fingerprint density at radius 1 is 1.15 bits per heavy atom. The number of nitrogens with one attached hydrogen (secondary N) is 1. The molecule has 7 nitrogen and oxygen atoms in total. The van der Waals surface area contributed by atoms with Crippen molar-refractivity contribution in [2.45, 2.75) is 38.3 Å². The standard InChI is InChI=1S/C19H23N3O4/c1-26-15-8-6-14(7-9-15)16-5-3-2-4-11-22(16)18(24)13-21-12-10-17(23)20-19(21)25/h6-10,12,16H,2-5,11,13H2,1H3,(H,20,23,25)/t16-/m1/s1. The van der Waals surface area contributed by atoms with E-state index in [9.17, 15) is 14.4 Å². The number of methoxy groups -OCH3 is 1. The lowest BCUT2D eigenvalue weighted by atomic mass is 10.0. The second-order valence-corrected chi connectivity index (χ2v) is 6.46. The van der Waals surface area contributed by atoms with Crippen LogP contribution in [0, 0.1) is 0 Å². The summed E-state index contributed by atoms with van der Waals surface area (Å²) in [6, 6.07) is 9.00. The monoisotopic (exact) mass is 357 g/mol. The fourth-order valence-corrected chi connectivity index (χ4v) is 3.38. The number of aromatic amines is 1. The fourth-order valence-electron chi connectivity index (χ4n) is 3.38. The molecule has 1 atom stereocenters. The van der Waals surface area contributed by atoms with Crippen LogP contribution in [0.25, 0.3) is 0 Å². The Morgan fingerprint density at radius 3 is 2.62 bits per heavy atom. The Hall–Kier alpha value is -2.83. The van der Waals surface area contributed by atoms with Crippen LogP contribution < -0.4 is 16.0 Å². The Balaban J connectivity index is 1.84. The Labute approximate surface area is 151 Å². The summed E-state index contributed by atoms with van der Waals surface area (Å²) in [6.45, 7) is 0.579. The Morgan fingerprint density at radius 2 is 1.92 bits per heavy atom. The molecule has 1 aliphatic rings. The average Bonchev–Trinajstić information content (AvgIpc) is 2.90. The number of carbonyl (C=O) groups excluding carboxylic acids is 1. The maximum absolute atomic E-state index is 12.9. The molecule has 26 heavy (non-hydrogen) atoms. The number of hydrogen-bond donors (Lipinski definition) is 1. The van der Waals surface area contributed by atoms with E-state index in [-0.39, 0.29) is 18.5 Å². The minimum Gasteiger partial charge on any atom is -0.497 e. The maximum Gasteiger partial charge on any atom is 0.328 e. The normalized spacial score (nSPS) is 17.6. The lowest BCUT2D eigenvalue weighted by molar-refractivity contribution is -0.134. The number of ether oxygens (including phenoxy) is 1. The van der Waals surface area contributed by atoms with E-state index in [1.165, 1.54) is 16.8 Å². The van der Waals surface area contributed by atoms with Crippen LogP contribution in [0.3, 0.4) is 0 Å². The van der Waals surface area contributed by atoms with Crippen molar-refractivity contribution >= 4 is 5.91 Å². The number of rotatable bonds is 4. The first-order valence-corrected chi connectivity index (χ1v) is 8.81. The molecule has 0 unspecified atom stereocenters. The molecule has 0 spiro atoms. The number of carbonyl (C=O) groups is 1. The third kappa shape index (κ3) is 4.04. The second kappa shape index (κ2) is 8.03. The van der Waals surface area contributed by atoms with Crippen LogP contribution in [0.5, 0.6) is 5.75 Å². The second-order valence-electron chi connectivity index (χ2n) is 6.46. The number of hydrogen-bond acceptors (Lipinski definition) is 4. The molecule has 1 saturated heterocycles. The molecule has 1 aliphatic heterocycles. The largest absolute Gasteiger partial charge is 0.497 e. The number of amides is 1. The topological polar surface area (TPSA) is 84.4 Å². The third-order valence-corrected chi connectivity index (χ3v) is 4.78. The van der Waals surface area contributed by atoms with Crippen LogP contribution in [0.15, 0.2) is 46.1 Å². The number of nitrogens with zero attached hydrogens (tertiary/aromatic N) is 2. The van der Waals surface area contributed by atoms with Gasteiger partial charge in [0, 0.05) is 18.8 Å². The summed E-state index contributed by atoms with van der Waals surface area (Å²) >= 11 is 0. The van der Waals surface area contributed by atoms with Gasteiger partial charge in [-0.05, 0) is 30.5 Å². The summed E-state index contributed by atoms with van der Waals surface area (Å²) in [5, 5.41) is 0. The van der Waals surface area contributed by atoms with E-state index in [1.54, 1.807) is 7.11 Å². The summed E-state index contributed by atoms with van der Waals surface area (Å²) in [6.07, 6.45) is 5.32. The van der Waals surface area contributed by atoms with E-state index in [1.807, 2.05) is 29.2 Å². The summed E-state index contributed by atoms with van der Waals surface area (Å²) in [7, 11) is 1.62. The van der Waals surface area contributed by atoms with Crippen molar-refractivity contribution in [3.8, 4) is 5.75 Å². The number of H-pyrrole nitrogens is 1. The molecule has 0 aliphatic carbocycles. The molecule has 1 amide bonds. The van der Waals surface area contributed by atoms with Crippen molar-refractivity contribution in [2.24, 2.45) is 0 Å². The highest BCUT2D eigenvalue weighted by Crippen LogP contribution is 2.31. The van der Waals surface area contributed by atoms with Crippen molar-refractivity contribution in [2.75, 3.05) is 13.7 Å². The molecule has 2 heterocycles. The van der Waals surface area contributed by atoms with E-state index < -0.39 is 11.2 Å². The van der Waals surface area contributed by atoms with Gasteiger partial charge in [0.15, 0.2) is 0 Å². The molecule has 1 aromatic heterocycles. The molecule has 0 radical (unpaired) electrons. The molecular weight excluding hydrogens is 334 g/mol. The summed E-state index contributed by atoms with van der Waals surface area (Å²) in [5.74, 6) is 0.655. The average molecular weight is 357 g/mol. The van der Waals surface area contributed by atoms with Crippen LogP contribution in [0.4, 0.5) is 0 Å². The summed E-state index contributed by atoms with van der Waals surface area (Å²) < 4.78 is 6.45. The first-order valence-electron chi connectivity index (χ1n) is 8.81. The van der Waals surface area contributed by atoms with Crippen molar-refractivity contribution < 1.29 is 9.53 Å². The number of benzene rings is 1. The highest BCUT2D eigenvalue weighted by molar-refractivity contribution is 5.76. The molecule has 2 aromatic rings. The molecule has 1 fully saturated rings. The van der Waals surface area contributed by atoms with Gasteiger partial charge in [-0.3, -0.25) is 19.1 Å². The minimum absolute atomic E-state index is 0.0191. The predicted octanol–water partition coefficient (Wildman–Crippen LogP) is 1.69. The quantitative estimate of drug-likeness (QED) is 0.902. The molecule has 138 valence electrons. The predicted molar refractivity (Wildman–Crippen MR) is 97.2 cm³/mol. The van der Waals surface area contributed by atoms with Crippen molar-refractivity contribution in [1.82, 2.24) is 14.5 Å². The first-order chi connectivity index (χ1) is 12.6. The van der Waals surface area contributed by atoms with Gasteiger partial charge in [-0.25, -0.2) is 4.79 Å². The summed E-state index contributed by atoms with van der Waals surface area (Å²) in [4.78, 5) is 40.0. The van der Waals surface area contributed by atoms with E-state index in [2.05, 4.69) is 4.98 Å². The van der Waals surface area contributed by atoms with E-state index in [0.29, 0.717) is 6.54 Å². The Kier molecular flexibility index (Phi) is 5.55. The molecular formula is C19H23N3O4. The first kappa shape index (κ1) is 18.0. The lowest BCUT2D eigenvalue weighted by Crippen LogP contribution is -2.40.